The van der Waals surface area contributed by atoms with Crippen LogP contribution in [0.15, 0.2) is 0 Å². The molecule has 1 saturated heterocycles. The number of hydrogen-bond acceptors (Lipinski definition) is 2. The zero-order valence-electron chi connectivity index (χ0n) is 10.8. The molecule has 0 spiro atoms. The topological polar surface area (TPSA) is 15.3 Å². The summed E-state index contributed by atoms with van der Waals surface area (Å²) in [5.41, 5.74) is 0. The molecule has 1 rings (SSSR count). The van der Waals surface area contributed by atoms with Gasteiger partial charge < -0.3 is 10.2 Å². The highest BCUT2D eigenvalue weighted by Gasteiger charge is 2.15. The SMILES string of the molecule is CCN(CCC(C)C)CC1CCCNC1. The molecule has 0 aromatic carbocycles. The molecule has 0 aromatic heterocycles. The van der Waals surface area contributed by atoms with Crippen molar-refractivity contribution >= 4 is 0 Å². The first-order valence-electron chi connectivity index (χ1n) is 6.65. The van der Waals surface area contributed by atoms with Gasteiger partial charge in [-0.05, 0) is 57.3 Å². The Morgan fingerprint density at radius 1 is 1.40 bits per heavy atom. The monoisotopic (exact) mass is 212 g/mol. The second-order valence-corrected chi connectivity index (χ2v) is 5.29. The molecule has 1 aliphatic rings. The van der Waals surface area contributed by atoms with E-state index in [0.29, 0.717) is 0 Å². The molecule has 1 atom stereocenters. The Hall–Kier alpha value is -0.0800. The first kappa shape index (κ1) is 13.0. The maximum absolute atomic E-state index is 3.50. The molecular formula is C13H28N2. The molecule has 0 aromatic rings. The van der Waals surface area contributed by atoms with E-state index in [1.807, 2.05) is 0 Å². The number of hydrogen-bond donors (Lipinski definition) is 1. The summed E-state index contributed by atoms with van der Waals surface area (Å²) in [5, 5.41) is 3.50. The summed E-state index contributed by atoms with van der Waals surface area (Å²) < 4.78 is 0. The molecule has 2 heteroatoms. The predicted molar refractivity (Wildman–Crippen MR) is 67.2 cm³/mol. The summed E-state index contributed by atoms with van der Waals surface area (Å²) >= 11 is 0. The van der Waals surface area contributed by atoms with Gasteiger partial charge >= 0.3 is 0 Å². The normalized spacial score (nSPS) is 22.6. The van der Waals surface area contributed by atoms with Crippen molar-refractivity contribution in [3.8, 4) is 0 Å². The van der Waals surface area contributed by atoms with Gasteiger partial charge in [-0.15, -0.1) is 0 Å². The zero-order chi connectivity index (χ0) is 11.1. The quantitative estimate of drug-likeness (QED) is 0.727. The van der Waals surface area contributed by atoms with Crippen molar-refractivity contribution in [2.75, 3.05) is 32.7 Å². The van der Waals surface area contributed by atoms with Crippen LogP contribution in [0.3, 0.4) is 0 Å². The Balaban J connectivity index is 2.19. The van der Waals surface area contributed by atoms with Crippen molar-refractivity contribution in [3.05, 3.63) is 0 Å². The third-order valence-electron chi connectivity index (χ3n) is 3.39. The highest BCUT2D eigenvalue weighted by Crippen LogP contribution is 2.12. The van der Waals surface area contributed by atoms with Gasteiger partial charge in [-0.2, -0.15) is 0 Å². The number of piperidine rings is 1. The van der Waals surface area contributed by atoms with Crippen molar-refractivity contribution in [2.45, 2.75) is 40.0 Å². The highest BCUT2D eigenvalue weighted by atomic mass is 15.1. The molecule has 0 bridgehead atoms. The molecule has 90 valence electrons. The maximum Gasteiger partial charge on any atom is 0.00217 e. The average molecular weight is 212 g/mol. The van der Waals surface area contributed by atoms with Gasteiger partial charge in [0, 0.05) is 6.54 Å². The fourth-order valence-corrected chi connectivity index (χ4v) is 2.26. The molecule has 0 amide bonds. The molecule has 1 N–H and O–H groups in total. The second kappa shape index (κ2) is 7.24. The van der Waals surface area contributed by atoms with E-state index in [1.54, 1.807) is 0 Å². The van der Waals surface area contributed by atoms with Crippen LogP contribution in [0.2, 0.25) is 0 Å². The van der Waals surface area contributed by atoms with Crippen molar-refractivity contribution < 1.29 is 0 Å². The summed E-state index contributed by atoms with van der Waals surface area (Å²) in [6.45, 7) is 13.2. The summed E-state index contributed by atoms with van der Waals surface area (Å²) in [7, 11) is 0. The smallest absolute Gasteiger partial charge is 0.00217 e. The van der Waals surface area contributed by atoms with Crippen molar-refractivity contribution in [1.29, 1.82) is 0 Å². The highest BCUT2D eigenvalue weighted by molar-refractivity contribution is 4.72. The lowest BCUT2D eigenvalue weighted by Crippen LogP contribution is -2.38. The first-order valence-corrected chi connectivity index (χ1v) is 6.65. The summed E-state index contributed by atoms with van der Waals surface area (Å²) in [4.78, 5) is 2.62. The Morgan fingerprint density at radius 3 is 2.73 bits per heavy atom. The molecule has 1 unspecified atom stereocenters. The van der Waals surface area contributed by atoms with E-state index in [9.17, 15) is 0 Å². The van der Waals surface area contributed by atoms with Crippen LogP contribution in [-0.2, 0) is 0 Å². The van der Waals surface area contributed by atoms with Crippen LogP contribution >= 0.6 is 0 Å². The molecule has 2 nitrogen and oxygen atoms in total. The molecule has 1 heterocycles. The lowest BCUT2D eigenvalue weighted by molar-refractivity contribution is 0.207. The first-order chi connectivity index (χ1) is 7.22. The minimum absolute atomic E-state index is 0.837. The molecule has 15 heavy (non-hydrogen) atoms. The van der Waals surface area contributed by atoms with E-state index in [-0.39, 0.29) is 0 Å². The molecule has 1 fully saturated rings. The summed E-state index contributed by atoms with van der Waals surface area (Å²) in [5.74, 6) is 1.73. The van der Waals surface area contributed by atoms with Crippen molar-refractivity contribution in [3.63, 3.8) is 0 Å². The fraction of sp³-hybridized carbons (Fsp3) is 1.00. The van der Waals surface area contributed by atoms with Crippen LogP contribution < -0.4 is 5.32 Å². The van der Waals surface area contributed by atoms with E-state index >= 15 is 0 Å². The number of nitrogens with zero attached hydrogens (tertiary/aromatic N) is 1. The average Bonchev–Trinajstić information content (AvgIpc) is 2.25. The van der Waals surface area contributed by atoms with Gasteiger partial charge in [0.05, 0.1) is 0 Å². The Kier molecular flexibility index (Phi) is 6.26. The predicted octanol–water partition coefficient (Wildman–Crippen LogP) is 2.35. The molecular weight excluding hydrogens is 184 g/mol. The summed E-state index contributed by atoms with van der Waals surface area (Å²) in [6, 6.07) is 0. The Labute approximate surface area is 95.4 Å². The minimum atomic E-state index is 0.837. The summed E-state index contributed by atoms with van der Waals surface area (Å²) in [6.07, 6.45) is 4.13. The Bertz CT molecular complexity index is 151. The van der Waals surface area contributed by atoms with E-state index in [0.717, 1.165) is 11.8 Å². The maximum atomic E-state index is 3.50. The lowest BCUT2D eigenvalue weighted by Gasteiger charge is -2.29. The largest absolute Gasteiger partial charge is 0.316 e. The van der Waals surface area contributed by atoms with Gasteiger partial charge in [0.1, 0.15) is 0 Å². The van der Waals surface area contributed by atoms with Gasteiger partial charge in [-0.1, -0.05) is 20.8 Å². The van der Waals surface area contributed by atoms with E-state index in [4.69, 9.17) is 0 Å². The van der Waals surface area contributed by atoms with Crippen LogP contribution in [0.4, 0.5) is 0 Å². The van der Waals surface area contributed by atoms with Crippen LogP contribution in [0, 0.1) is 11.8 Å². The van der Waals surface area contributed by atoms with E-state index in [2.05, 4.69) is 31.0 Å². The Morgan fingerprint density at radius 2 is 2.20 bits per heavy atom. The third-order valence-corrected chi connectivity index (χ3v) is 3.39. The molecule has 0 aliphatic carbocycles. The van der Waals surface area contributed by atoms with Crippen LogP contribution in [0.1, 0.15) is 40.0 Å². The minimum Gasteiger partial charge on any atom is -0.316 e. The molecule has 0 radical (unpaired) electrons. The van der Waals surface area contributed by atoms with E-state index in [1.165, 1.54) is 52.0 Å². The van der Waals surface area contributed by atoms with Gasteiger partial charge in [0.25, 0.3) is 0 Å². The van der Waals surface area contributed by atoms with E-state index < -0.39 is 0 Å². The van der Waals surface area contributed by atoms with Crippen molar-refractivity contribution in [2.24, 2.45) is 11.8 Å². The molecule has 0 saturated carbocycles. The fourth-order valence-electron chi connectivity index (χ4n) is 2.26. The lowest BCUT2D eigenvalue weighted by atomic mass is 9.99. The standard InChI is InChI=1S/C13H28N2/c1-4-15(9-7-12(2)3)11-13-6-5-8-14-10-13/h12-14H,4-11H2,1-3H3. The zero-order valence-corrected chi connectivity index (χ0v) is 10.8. The van der Waals surface area contributed by atoms with Gasteiger partial charge in [0.2, 0.25) is 0 Å². The second-order valence-electron chi connectivity index (χ2n) is 5.29. The van der Waals surface area contributed by atoms with Crippen LogP contribution in [-0.4, -0.2) is 37.6 Å². The van der Waals surface area contributed by atoms with Crippen LogP contribution in [0.5, 0.6) is 0 Å². The molecule has 1 aliphatic heterocycles. The van der Waals surface area contributed by atoms with Gasteiger partial charge in [-0.3, -0.25) is 0 Å². The van der Waals surface area contributed by atoms with Crippen LogP contribution in [0.25, 0.3) is 0 Å². The van der Waals surface area contributed by atoms with Gasteiger partial charge in [-0.25, -0.2) is 0 Å². The third kappa shape index (κ3) is 5.53. The number of rotatable bonds is 6. The van der Waals surface area contributed by atoms with Gasteiger partial charge in [0.15, 0.2) is 0 Å². The number of nitrogens with one attached hydrogen (secondary N) is 1. The van der Waals surface area contributed by atoms with Crippen molar-refractivity contribution in [1.82, 2.24) is 10.2 Å².